The molecule has 1 atom stereocenters. The van der Waals surface area contributed by atoms with E-state index < -0.39 is 0 Å². The molecule has 1 fully saturated rings. The highest BCUT2D eigenvalue weighted by atomic mass is 16.5. The molecule has 0 unspecified atom stereocenters. The summed E-state index contributed by atoms with van der Waals surface area (Å²) in [6, 6.07) is 5.46. The predicted octanol–water partition coefficient (Wildman–Crippen LogP) is 2.66. The van der Waals surface area contributed by atoms with Gasteiger partial charge in [-0.2, -0.15) is 0 Å². The van der Waals surface area contributed by atoms with E-state index in [0.717, 1.165) is 24.8 Å². The van der Waals surface area contributed by atoms with Crippen molar-refractivity contribution < 1.29 is 18.7 Å². The first-order valence-corrected chi connectivity index (χ1v) is 7.16. The second kappa shape index (κ2) is 5.77. The zero-order valence-corrected chi connectivity index (χ0v) is 12.3. The maximum absolute atomic E-state index is 12.4. The van der Waals surface area contributed by atoms with Gasteiger partial charge < -0.3 is 19.2 Å². The zero-order valence-electron chi connectivity index (χ0n) is 12.3. The second-order valence-electron chi connectivity index (χ2n) is 5.24. The van der Waals surface area contributed by atoms with E-state index in [4.69, 9.17) is 13.9 Å². The average Bonchev–Trinajstić information content (AvgIpc) is 3.10. The molecule has 21 heavy (non-hydrogen) atoms. The average molecular weight is 289 g/mol. The summed E-state index contributed by atoms with van der Waals surface area (Å²) in [5, 5.41) is 3.71. The van der Waals surface area contributed by atoms with Crippen LogP contribution in [0.4, 0.5) is 0 Å². The molecule has 1 aliphatic heterocycles. The first-order valence-electron chi connectivity index (χ1n) is 7.16. The predicted molar refractivity (Wildman–Crippen MR) is 78.8 cm³/mol. The van der Waals surface area contributed by atoms with Gasteiger partial charge in [-0.25, -0.2) is 0 Å². The molecule has 0 bridgehead atoms. The highest BCUT2D eigenvalue weighted by Gasteiger charge is 2.21. The number of ether oxygens (including phenoxy) is 2. The van der Waals surface area contributed by atoms with E-state index in [-0.39, 0.29) is 12.0 Å². The molecular weight excluding hydrogens is 270 g/mol. The molecule has 1 aromatic heterocycles. The molecule has 2 heterocycles. The minimum absolute atomic E-state index is 0.127. The Morgan fingerprint density at radius 1 is 1.48 bits per heavy atom. The Morgan fingerprint density at radius 3 is 3.05 bits per heavy atom. The third kappa shape index (κ3) is 2.74. The number of nitrogens with one attached hydrogen (secondary N) is 1. The number of furan rings is 1. The summed E-state index contributed by atoms with van der Waals surface area (Å²) in [5.41, 5.74) is 1.26. The van der Waals surface area contributed by atoms with Crippen LogP contribution >= 0.6 is 0 Å². The van der Waals surface area contributed by atoms with Gasteiger partial charge in [0.1, 0.15) is 17.1 Å². The van der Waals surface area contributed by atoms with Gasteiger partial charge in [-0.15, -0.1) is 0 Å². The fourth-order valence-electron chi connectivity index (χ4n) is 2.71. The molecular formula is C16H19NO4. The second-order valence-corrected chi connectivity index (χ2v) is 5.24. The van der Waals surface area contributed by atoms with Gasteiger partial charge in [0, 0.05) is 18.5 Å². The Balaban J connectivity index is 1.83. The lowest BCUT2D eigenvalue weighted by Crippen LogP contribution is -2.31. The molecule has 0 spiro atoms. The summed E-state index contributed by atoms with van der Waals surface area (Å²) in [7, 11) is 1.60. The molecule has 1 N–H and O–H groups in total. The van der Waals surface area contributed by atoms with E-state index in [9.17, 15) is 4.79 Å². The van der Waals surface area contributed by atoms with Crippen LogP contribution in [0.5, 0.6) is 5.75 Å². The van der Waals surface area contributed by atoms with Gasteiger partial charge in [0.05, 0.1) is 18.8 Å². The van der Waals surface area contributed by atoms with E-state index in [1.165, 1.54) is 0 Å². The number of carbonyl (C=O) groups excluding carboxylic acids is 1. The zero-order chi connectivity index (χ0) is 14.8. The fourth-order valence-corrected chi connectivity index (χ4v) is 2.71. The molecule has 3 rings (SSSR count). The van der Waals surface area contributed by atoms with E-state index >= 15 is 0 Å². The lowest BCUT2D eigenvalue weighted by molar-refractivity contribution is 0.0857. The van der Waals surface area contributed by atoms with Crippen LogP contribution in [0.25, 0.3) is 11.0 Å². The minimum atomic E-state index is -0.130. The molecule has 0 saturated carbocycles. The molecule has 0 radical (unpaired) electrons. The Morgan fingerprint density at radius 2 is 2.33 bits per heavy atom. The highest BCUT2D eigenvalue weighted by molar-refractivity contribution is 6.07. The Bertz CT molecular complexity index is 656. The largest absolute Gasteiger partial charge is 0.497 e. The standard InChI is InChI=1S/C16H19NO4/c1-10-15(16(18)17-9-12-4-3-7-20-12)13-8-11(19-2)5-6-14(13)21-10/h5-6,8,12H,3-4,7,9H2,1-2H3,(H,17,18)/t12-/m1/s1. The maximum atomic E-state index is 12.4. The van der Waals surface area contributed by atoms with Crippen molar-refractivity contribution in [3.05, 3.63) is 29.5 Å². The van der Waals surface area contributed by atoms with Crippen molar-refractivity contribution in [1.29, 1.82) is 0 Å². The number of amides is 1. The van der Waals surface area contributed by atoms with Crippen molar-refractivity contribution in [1.82, 2.24) is 5.32 Å². The molecule has 1 amide bonds. The molecule has 5 nitrogen and oxygen atoms in total. The topological polar surface area (TPSA) is 60.7 Å². The van der Waals surface area contributed by atoms with E-state index in [1.54, 1.807) is 14.0 Å². The number of hydrogen-bond donors (Lipinski definition) is 1. The molecule has 1 aromatic carbocycles. The van der Waals surface area contributed by atoms with E-state index in [2.05, 4.69) is 5.32 Å². The molecule has 1 saturated heterocycles. The van der Waals surface area contributed by atoms with Crippen LogP contribution in [-0.4, -0.2) is 32.3 Å². The number of methoxy groups -OCH3 is 1. The van der Waals surface area contributed by atoms with Crippen LogP contribution in [-0.2, 0) is 4.74 Å². The fraction of sp³-hybridized carbons (Fsp3) is 0.438. The quantitative estimate of drug-likeness (QED) is 0.940. The van der Waals surface area contributed by atoms with Crippen LogP contribution < -0.4 is 10.1 Å². The molecule has 2 aromatic rings. The highest BCUT2D eigenvalue weighted by Crippen LogP contribution is 2.29. The molecule has 1 aliphatic rings. The number of fused-ring (bicyclic) bond motifs is 1. The van der Waals surface area contributed by atoms with Gasteiger partial charge in [0.15, 0.2) is 0 Å². The van der Waals surface area contributed by atoms with Gasteiger partial charge in [-0.3, -0.25) is 4.79 Å². The van der Waals surface area contributed by atoms with Crippen LogP contribution in [0.15, 0.2) is 22.6 Å². The van der Waals surface area contributed by atoms with Gasteiger partial charge >= 0.3 is 0 Å². The summed E-state index contributed by atoms with van der Waals surface area (Å²) >= 11 is 0. The summed E-state index contributed by atoms with van der Waals surface area (Å²) < 4.78 is 16.4. The Kier molecular flexibility index (Phi) is 3.84. The number of carbonyl (C=O) groups is 1. The van der Waals surface area contributed by atoms with Gasteiger partial charge in [-0.05, 0) is 38.0 Å². The smallest absolute Gasteiger partial charge is 0.255 e. The number of aryl methyl sites for hydroxylation is 1. The Hall–Kier alpha value is -2.01. The van der Waals surface area contributed by atoms with Crippen molar-refractivity contribution in [2.24, 2.45) is 0 Å². The summed E-state index contributed by atoms with van der Waals surface area (Å²) in [4.78, 5) is 12.4. The van der Waals surface area contributed by atoms with E-state index in [1.807, 2.05) is 18.2 Å². The van der Waals surface area contributed by atoms with Crippen molar-refractivity contribution in [3.8, 4) is 5.75 Å². The Labute approximate surface area is 123 Å². The third-order valence-corrected chi connectivity index (χ3v) is 3.81. The SMILES string of the molecule is COc1ccc2oc(C)c(C(=O)NC[C@H]3CCCO3)c2c1. The lowest BCUT2D eigenvalue weighted by Gasteiger charge is -2.10. The molecule has 5 heteroatoms. The summed E-state index contributed by atoms with van der Waals surface area (Å²) in [6.45, 7) is 3.12. The van der Waals surface area contributed by atoms with Crippen molar-refractivity contribution >= 4 is 16.9 Å². The van der Waals surface area contributed by atoms with Crippen molar-refractivity contribution in [3.63, 3.8) is 0 Å². The van der Waals surface area contributed by atoms with Crippen molar-refractivity contribution in [2.45, 2.75) is 25.9 Å². The monoisotopic (exact) mass is 289 g/mol. The molecule has 112 valence electrons. The number of benzene rings is 1. The van der Waals surface area contributed by atoms with Gasteiger partial charge in [0.25, 0.3) is 5.91 Å². The maximum Gasteiger partial charge on any atom is 0.255 e. The third-order valence-electron chi connectivity index (χ3n) is 3.81. The van der Waals surface area contributed by atoms with Crippen LogP contribution in [0.3, 0.4) is 0 Å². The van der Waals surface area contributed by atoms with Crippen LogP contribution in [0.1, 0.15) is 29.0 Å². The first-order chi connectivity index (χ1) is 10.2. The van der Waals surface area contributed by atoms with Crippen LogP contribution in [0.2, 0.25) is 0 Å². The number of hydrogen-bond acceptors (Lipinski definition) is 4. The van der Waals surface area contributed by atoms with Gasteiger partial charge in [-0.1, -0.05) is 0 Å². The first kappa shape index (κ1) is 13.9. The summed E-state index contributed by atoms with van der Waals surface area (Å²) in [6.07, 6.45) is 2.19. The normalized spacial score (nSPS) is 18.1. The molecule has 0 aliphatic carbocycles. The van der Waals surface area contributed by atoms with Crippen LogP contribution in [0, 0.1) is 6.92 Å². The van der Waals surface area contributed by atoms with Gasteiger partial charge in [0.2, 0.25) is 0 Å². The van der Waals surface area contributed by atoms with Crippen molar-refractivity contribution in [2.75, 3.05) is 20.3 Å². The summed E-state index contributed by atoms with van der Waals surface area (Å²) in [5.74, 6) is 1.19. The minimum Gasteiger partial charge on any atom is -0.497 e. The lowest BCUT2D eigenvalue weighted by atomic mass is 10.1. The van der Waals surface area contributed by atoms with E-state index in [0.29, 0.717) is 29.2 Å². The number of rotatable bonds is 4.